The van der Waals surface area contributed by atoms with Gasteiger partial charge in [-0.25, -0.2) is 4.90 Å². The molecule has 2 heterocycles. The maximum atomic E-state index is 12.4. The van der Waals surface area contributed by atoms with Crippen LogP contribution in [0.15, 0.2) is 18.2 Å². The Hall–Kier alpha value is -2.74. The second-order valence-electron chi connectivity index (χ2n) is 4.91. The molecule has 1 atom stereocenters. The van der Waals surface area contributed by atoms with Crippen LogP contribution in [-0.2, 0) is 9.59 Å². The Kier molecular flexibility index (Phi) is 2.60. The molecule has 0 spiro atoms. The van der Waals surface area contributed by atoms with Gasteiger partial charge in [0, 0.05) is 18.5 Å². The molecule has 4 N–H and O–H groups in total. The first-order valence-electron chi connectivity index (χ1n) is 6.20. The number of aliphatic hydroxyl groups is 1. The molecule has 1 aromatic carbocycles. The van der Waals surface area contributed by atoms with Gasteiger partial charge in [-0.15, -0.1) is 0 Å². The van der Waals surface area contributed by atoms with Crippen LogP contribution in [0, 0.1) is 0 Å². The fourth-order valence-corrected chi connectivity index (χ4v) is 2.55. The fraction of sp³-hybridized carbons (Fsp3) is 0.231. The van der Waals surface area contributed by atoms with E-state index in [1.54, 1.807) is 0 Å². The number of carbonyl (C=O) groups excluding carboxylic acids is 4. The van der Waals surface area contributed by atoms with Crippen LogP contribution in [0.2, 0.25) is 0 Å². The number of hydrogen-bond acceptors (Lipinski definition) is 6. The summed E-state index contributed by atoms with van der Waals surface area (Å²) in [7, 11) is 0. The number of rotatable bonds is 1. The van der Waals surface area contributed by atoms with Gasteiger partial charge in [0.05, 0.1) is 11.1 Å². The zero-order chi connectivity index (χ0) is 15.4. The SMILES string of the molecule is Nc1cccc2c1C(=O)N([C@@]1(O)CCC(=O)NC1=O)C2=O. The zero-order valence-electron chi connectivity index (χ0n) is 10.8. The predicted molar refractivity (Wildman–Crippen MR) is 68.7 cm³/mol. The average molecular weight is 289 g/mol. The van der Waals surface area contributed by atoms with Crippen LogP contribution in [0.1, 0.15) is 33.6 Å². The number of nitrogens with zero attached hydrogens (tertiary/aromatic N) is 1. The molecule has 8 heteroatoms. The summed E-state index contributed by atoms with van der Waals surface area (Å²) in [6.45, 7) is 0. The predicted octanol–water partition coefficient (Wildman–Crippen LogP) is -1.01. The Morgan fingerprint density at radius 2 is 1.90 bits per heavy atom. The van der Waals surface area contributed by atoms with Crippen LogP contribution < -0.4 is 11.1 Å². The summed E-state index contributed by atoms with van der Waals surface area (Å²) in [5.74, 6) is -3.32. The number of fused-ring (bicyclic) bond motifs is 1. The number of benzene rings is 1. The molecular weight excluding hydrogens is 278 g/mol. The first-order chi connectivity index (χ1) is 9.86. The van der Waals surface area contributed by atoms with E-state index in [9.17, 15) is 24.3 Å². The lowest BCUT2D eigenvalue weighted by atomic mass is 10.00. The van der Waals surface area contributed by atoms with Crippen molar-refractivity contribution in [2.75, 3.05) is 5.73 Å². The Bertz CT molecular complexity index is 714. The Labute approximate surface area is 118 Å². The van der Waals surface area contributed by atoms with E-state index in [0.717, 1.165) is 0 Å². The number of anilines is 1. The van der Waals surface area contributed by atoms with Crippen molar-refractivity contribution in [2.24, 2.45) is 0 Å². The quantitative estimate of drug-likeness (QED) is 0.448. The Morgan fingerprint density at radius 1 is 1.19 bits per heavy atom. The lowest BCUT2D eigenvalue weighted by Crippen LogP contribution is -2.64. The molecule has 0 aliphatic carbocycles. The first-order valence-corrected chi connectivity index (χ1v) is 6.20. The molecule has 0 radical (unpaired) electrons. The molecule has 21 heavy (non-hydrogen) atoms. The van der Waals surface area contributed by atoms with E-state index >= 15 is 0 Å². The van der Waals surface area contributed by atoms with Crippen LogP contribution in [0.3, 0.4) is 0 Å². The van der Waals surface area contributed by atoms with Gasteiger partial charge >= 0.3 is 0 Å². The van der Waals surface area contributed by atoms with Crippen molar-refractivity contribution in [3.63, 3.8) is 0 Å². The second-order valence-corrected chi connectivity index (χ2v) is 4.91. The lowest BCUT2D eigenvalue weighted by Gasteiger charge is -2.36. The van der Waals surface area contributed by atoms with Gasteiger partial charge in [0.2, 0.25) is 11.6 Å². The molecule has 1 saturated heterocycles. The van der Waals surface area contributed by atoms with E-state index in [4.69, 9.17) is 5.73 Å². The fourth-order valence-electron chi connectivity index (χ4n) is 2.55. The highest BCUT2D eigenvalue weighted by atomic mass is 16.3. The molecule has 8 nitrogen and oxygen atoms in total. The number of piperidine rings is 1. The zero-order valence-corrected chi connectivity index (χ0v) is 10.8. The number of nitrogens with two attached hydrogens (primary N) is 1. The minimum atomic E-state index is -2.38. The molecule has 3 rings (SSSR count). The summed E-state index contributed by atoms with van der Waals surface area (Å²) in [6, 6.07) is 4.33. The average Bonchev–Trinajstić information content (AvgIpc) is 2.68. The highest BCUT2D eigenvalue weighted by Crippen LogP contribution is 2.34. The third kappa shape index (κ3) is 1.66. The summed E-state index contributed by atoms with van der Waals surface area (Å²) in [5, 5.41) is 12.4. The first kappa shape index (κ1) is 13.3. The van der Waals surface area contributed by atoms with Crippen LogP contribution in [0.25, 0.3) is 0 Å². The van der Waals surface area contributed by atoms with Gasteiger partial charge in [-0.2, -0.15) is 0 Å². The van der Waals surface area contributed by atoms with E-state index in [2.05, 4.69) is 0 Å². The lowest BCUT2D eigenvalue weighted by molar-refractivity contribution is -0.163. The van der Waals surface area contributed by atoms with Crippen molar-refractivity contribution in [3.8, 4) is 0 Å². The highest BCUT2D eigenvalue weighted by molar-refractivity contribution is 6.25. The molecule has 1 aromatic rings. The molecule has 0 aromatic heterocycles. The maximum Gasteiger partial charge on any atom is 0.280 e. The van der Waals surface area contributed by atoms with Gasteiger partial charge in [0.1, 0.15) is 0 Å². The van der Waals surface area contributed by atoms with E-state index in [1.807, 2.05) is 5.32 Å². The van der Waals surface area contributed by atoms with Gasteiger partial charge < -0.3 is 10.8 Å². The summed E-state index contributed by atoms with van der Waals surface area (Å²) >= 11 is 0. The van der Waals surface area contributed by atoms with Crippen molar-refractivity contribution in [1.82, 2.24) is 10.2 Å². The Balaban J connectivity index is 2.08. The summed E-state index contributed by atoms with van der Waals surface area (Å²) < 4.78 is 0. The maximum absolute atomic E-state index is 12.4. The number of nitrogen functional groups attached to an aromatic ring is 1. The van der Waals surface area contributed by atoms with E-state index < -0.39 is 29.4 Å². The van der Waals surface area contributed by atoms with Crippen LogP contribution in [0.5, 0.6) is 0 Å². The minimum Gasteiger partial charge on any atom is -0.398 e. The van der Waals surface area contributed by atoms with Crippen LogP contribution in [-0.4, -0.2) is 39.4 Å². The summed E-state index contributed by atoms with van der Waals surface area (Å²) in [5.41, 5.74) is 3.37. The Morgan fingerprint density at radius 3 is 2.52 bits per heavy atom. The molecule has 1 fully saturated rings. The molecule has 2 aliphatic heterocycles. The summed E-state index contributed by atoms with van der Waals surface area (Å²) in [4.78, 5) is 48.2. The molecule has 0 saturated carbocycles. The molecule has 108 valence electrons. The monoisotopic (exact) mass is 289 g/mol. The number of carbonyl (C=O) groups is 4. The summed E-state index contributed by atoms with van der Waals surface area (Å²) in [6.07, 6.45) is -0.520. The topological polar surface area (TPSA) is 130 Å². The molecular formula is C13H11N3O5. The smallest absolute Gasteiger partial charge is 0.280 e. The van der Waals surface area contributed by atoms with Crippen LogP contribution in [0.4, 0.5) is 5.69 Å². The minimum absolute atomic E-state index is 0.0260. The number of hydrogen-bond donors (Lipinski definition) is 3. The number of amides is 4. The van der Waals surface area contributed by atoms with Gasteiger partial charge in [-0.05, 0) is 12.1 Å². The van der Waals surface area contributed by atoms with Crippen molar-refractivity contribution in [3.05, 3.63) is 29.3 Å². The van der Waals surface area contributed by atoms with Crippen molar-refractivity contribution < 1.29 is 24.3 Å². The van der Waals surface area contributed by atoms with E-state index in [1.165, 1.54) is 18.2 Å². The van der Waals surface area contributed by atoms with Crippen molar-refractivity contribution in [1.29, 1.82) is 0 Å². The van der Waals surface area contributed by atoms with Crippen molar-refractivity contribution >= 4 is 29.3 Å². The third-order valence-electron chi connectivity index (χ3n) is 3.63. The molecule has 2 aliphatic rings. The van der Waals surface area contributed by atoms with Gasteiger partial charge in [0.15, 0.2) is 0 Å². The second kappa shape index (κ2) is 4.13. The van der Waals surface area contributed by atoms with Crippen LogP contribution >= 0.6 is 0 Å². The van der Waals surface area contributed by atoms with E-state index in [0.29, 0.717) is 4.90 Å². The number of imide groups is 2. The third-order valence-corrected chi connectivity index (χ3v) is 3.63. The van der Waals surface area contributed by atoms with Gasteiger partial charge in [0.25, 0.3) is 17.7 Å². The van der Waals surface area contributed by atoms with E-state index in [-0.39, 0.29) is 29.7 Å². The molecule has 4 amide bonds. The van der Waals surface area contributed by atoms with Gasteiger partial charge in [-0.3, -0.25) is 24.5 Å². The highest BCUT2D eigenvalue weighted by Gasteiger charge is 2.55. The number of nitrogens with one attached hydrogen (secondary N) is 1. The molecule has 0 bridgehead atoms. The van der Waals surface area contributed by atoms with Crippen molar-refractivity contribution in [2.45, 2.75) is 18.6 Å². The normalized spacial score (nSPS) is 25.1. The molecule has 0 unspecified atom stereocenters. The standard InChI is InChI=1S/C13H11N3O5/c14-7-3-1-2-6-9(7)11(19)16(10(6)18)13(21)5-4-8(17)15-12(13)20/h1-3,21H,4-5,14H2,(H,15,17,20)/t13-/m1/s1. The largest absolute Gasteiger partial charge is 0.398 e. The van der Waals surface area contributed by atoms with Gasteiger partial charge in [-0.1, -0.05) is 6.07 Å².